The Morgan fingerprint density at radius 2 is 2.00 bits per heavy atom. The van der Waals surface area contributed by atoms with Crippen LogP contribution in [0, 0.1) is 0 Å². The zero-order chi connectivity index (χ0) is 8.01. The van der Waals surface area contributed by atoms with Gasteiger partial charge in [0.05, 0.1) is 12.6 Å². The van der Waals surface area contributed by atoms with Gasteiger partial charge in [-0.05, 0) is 0 Å². The van der Waals surface area contributed by atoms with E-state index in [1.807, 2.05) is 0 Å². The molecule has 5 nitrogen and oxygen atoms in total. The largest absolute Gasteiger partial charge is 0.388 e. The molecule has 2 saturated heterocycles. The van der Waals surface area contributed by atoms with Gasteiger partial charge in [0.15, 0.2) is 6.29 Å². The summed E-state index contributed by atoms with van der Waals surface area (Å²) in [5.74, 6) is 0. The van der Waals surface area contributed by atoms with Gasteiger partial charge in [-0.1, -0.05) is 0 Å². The fraction of sp³-hybridized carbons (Fsp3) is 1.00. The first-order valence-corrected chi connectivity index (χ1v) is 3.59. The monoisotopic (exact) mass is 161 g/mol. The van der Waals surface area contributed by atoms with Crippen molar-refractivity contribution in [2.24, 2.45) is 5.73 Å². The number of aliphatic hydroxyl groups excluding tert-OH is 2. The lowest BCUT2D eigenvalue weighted by Crippen LogP contribution is -2.57. The molecule has 4 N–H and O–H groups in total. The van der Waals surface area contributed by atoms with Crippen LogP contribution < -0.4 is 5.73 Å². The van der Waals surface area contributed by atoms with Crippen molar-refractivity contribution in [3.8, 4) is 0 Å². The molecule has 2 fully saturated rings. The van der Waals surface area contributed by atoms with Gasteiger partial charge in [0, 0.05) is 0 Å². The van der Waals surface area contributed by atoms with Crippen LogP contribution in [0.15, 0.2) is 0 Å². The standard InChI is InChI=1S/C6H11NO4/c7-3-5(9)4(8)2-1-10-6(3)11-2/h2-6,8-9H,1,7H2/t2-,3-,4-,5-,6-/m1/s1. The van der Waals surface area contributed by atoms with Crippen LogP contribution in [0.1, 0.15) is 0 Å². The number of nitrogens with two attached hydrogens (primary N) is 1. The lowest BCUT2D eigenvalue weighted by molar-refractivity contribution is -0.177. The van der Waals surface area contributed by atoms with E-state index in [4.69, 9.17) is 15.2 Å². The van der Waals surface area contributed by atoms with Gasteiger partial charge >= 0.3 is 0 Å². The lowest BCUT2D eigenvalue weighted by Gasteiger charge is -2.33. The smallest absolute Gasteiger partial charge is 0.175 e. The number of fused-ring (bicyclic) bond motifs is 2. The summed E-state index contributed by atoms with van der Waals surface area (Å²) in [6.07, 6.45) is -2.79. The van der Waals surface area contributed by atoms with E-state index in [0.29, 0.717) is 6.61 Å². The maximum Gasteiger partial charge on any atom is 0.175 e. The van der Waals surface area contributed by atoms with Crippen molar-refractivity contribution in [2.45, 2.75) is 30.6 Å². The minimum absolute atomic E-state index is 0.316. The summed E-state index contributed by atoms with van der Waals surface area (Å²) in [6, 6.07) is -0.635. The molecule has 11 heavy (non-hydrogen) atoms. The van der Waals surface area contributed by atoms with Crippen LogP contribution in [-0.2, 0) is 9.47 Å². The first-order chi connectivity index (χ1) is 5.20. The summed E-state index contributed by atoms with van der Waals surface area (Å²) in [7, 11) is 0. The summed E-state index contributed by atoms with van der Waals surface area (Å²) < 4.78 is 10.2. The Morgan fingerprint density at radius 3 is 2.73 bits per heavy atom. The van der Waals surface area contributed by atoms with Gasteiger partial charge in [-0.2, -0.15) is 0 Å². The van der Waals surface area contributed by atoms with Crippen LogP contribution in [0.25, 0.3) is 0 Å². The van der Waals surface area contributed by atoms with E-state index >= 15 is 0 Å². The average Bonchev–Trinajstić information content (AvgIpc) is 2.44. The highest BCUT2D eigenvalue weighted by Gasteiger charge is 2.47. The highest BCUT2D eigenvalue weighted by molar-refractivity contribution is 4.94. The third-order valence-electron chi connectivity index (χ3n) is 2.17. The van der Waals surface area contributed by atoms with Crippen LogP contribution in [0.3, 0.4) is 0 Å². The summed E-state index contributed by atoms with van der Waals surface area (Å²) in [4.78, 5) is 0. The lowest BCUT2D eigenvalue weighted by atomic mass is 10.00. The van der Waals surface area contributed by atoms with Gasteiger partial charge < -0.3 is 25.4 Å². The van der Waals surface area contributed by atoms with Crippen molar-refractivity contribution in [1.82, 2.24) is 0 Å². The number of rotatable bonds is 0. The minimum Gasteiger partial charge on any atom is -0.388 e. The Balaban J connectivity index is 2.16. The van der Waals surface area contributed by atoms with E-state index < -0.39 is 30.6 Å². The minimum atomic E-state index is -0.929. The van der Waals surface area contributed by atoms with E-state index in [9.17, 15) is 10.2 Å². The highest BCUT2D eigenvalue weighted by Crippen LogP contribution is 2.26. The van der Waals surface area contributed by atoms with Gasteiger partial charge in [-0.15, -0.1) is 0 Å². The molecule has 0 spiro atoms. The molecule has 0 radical (unpaired) electrons. The Labute approximate surface area is 63.7 Å². The van der Waals surface area contributed by atoms with Crippen LogP contribution in [0.4, 0.5) is 0 Å². The number of ether oxygens (including phenoxy) is 2. The molecule has 0 aromatic heterocycles. The van der Waals surface area contributed by atoms with Crippen molar-refractivity contribution < 1.29 is 19.7 Å². The molecule has 2 aliphatic rings. The maximum atomic E-state index is 9.30. The van der Waals surface area contributed by atoms with Gasteiger partial charge in [0.2, 0.25) is 0 Å². The van der Waals surface area contributed by atoms with E-state index in [1.54, 1.807) is 0 Å². The van der Waals surface area contributed by atoms with Crippen molar-refractivity contribution in [3.05, 3.63) is 0 Å². The van der Waals surface area contributed by atoms with Crippen LogP contribution in [0.2, 0.25) is 0 Å². The predicted molar refractivity (Wildman–Crippen MR) is 34.6 cm³/mol. The first kappa shape index (κ1) is 7.45. The molecular formula is C6H11NO4. The Morgan fingerprint density at radius 1 is 1.27 bits per heavy atom. The van der Waals surface area contributed by atoms with Gasteiger partial charge in [-0.25, -0.2) is 0 Å². The molecule has 0 aromatic carbocycles. The molecule has 0 aromatic rings. The second-order valence-electron chi connectivity index (χ2n) is 2.93. The second kappa shape index (κ2) is 2.40. The fourth-order valence-electron chi connectivity index (χ4n) is 1.43. The summed E-state index contributed by atoms with van der Waals surface area (Å²) in [6.45, 7) is 0.316. The topological polar surface area (TPSA) is 84.9 Å². The Kier molecular flexibility index (Phi) is 1.62. The van der Waals surface area contributed by atoms with E-state index in [1.165, 1.54) is 0 Å². The van der Waals surface area contributed by atoms with Crippen molar-refractivity contribution in [1.29, 1.82) is 0 Å². The van der Waals surface area contributed by atoms with Gasteiger partial charge in [0.25, 0.3) is 0 Å². The van der Waals surface area contributed by atoms with Crippen molar-refractivity contribution >= 4 is 0 Å². The molecular weight excluding hydrogens is 150 g/mol. The van der Waals surface area contributed by atoms with E-state index in [0.717, 1.165) is 0 Å². The molecule has 0 saturated carbocycles. The fourth-order valence-corrected chi connectivity index (χ4v) is 1.43. The zero-order valence-corrected chi connectivity index (χ0v) is 5.88. The molecule has 0 aliphatic carbocycles. The summed E-state index contributed by atoms with van der Waals surface area (Å²) in [5, 5.41) is 18.6. The SMILES string of the molecule is N[C@H]1[C@@H]2OC[C@@H](O2)[C@@H](O)[C@@H]1O. The van der Waals surface area contributed by atoms with Gasteiger partial charge in [-0.3, -0.25) is 0 Å². The number of hydrogen-bond donors (Lipinski definition) is 3. The van der Waals surface area contributed by atoms with Crippen molar-refractivity contribution in [3.63, 3.8) is 0 Å². The second-order valence-corrected chi connectivity index (χ2v) is 2.93. The summed E-state index contributed by atoms with van der Waals surface area (Å²) >= 11 is 0. The molecule has 2 heterocycles. The zero-order valence-electron chi connectivity index (χ0n) is 5.88. The molecule has 2 aliphatic heterocycles. The molecule has 5 atom stereocenters. The highest BCUT2D eigenvalue weighted by atomic mass is 16.7. The van der Waals surface area contributed by atoms with Crippen LogP contribution >= 0.6 is 0 Å². The third-order valence-corrected chi connectivity index (χ3v) is 2.17. The molecule has 2 bridgehead atoms. The van der Waals surface area contributed by atoms with E-state index in [2.05, 4.69) is 0 Å². The number of hydrogen-bond acceptors (Lipinski definition) is 5. The molecule has 64 valence electrons. The Hall–Kier alpha value is -0.200. The third kappa shape index (κ3) is 0.969. The predicted octanol–water partition coefficient (Wildman–Crippen LogP) is -2.21. The Bertz CT molecular complexity index is 145. The molecule has 0 unspecified atom stereocenters. The average molecular weight is 161 g/mol. The van der Waals surface area contributed by atoms with Crippen molar-refractivity contribution in [2.75, 3.05) is 6.61 Å². The van der Waals surface area contributed by atoms with E-state index in [-0.39, 0.29) is 0 Å². The first-order valence-electron chi connectivity index (χ1n) is 3.59. The van der Waals surface area contributed by atoms with Crippen LogP contribution in [-0.4, -0.2) is 47.5 Å². The molecule has 5 heteroatoms. The molecule has 0 amide bonds. The quantitative estimate of drug-likeness (QED) is 0.375. The molecule has 2 rings (SSSR count). The van der Waals surface area contributed by atoms with Gasteiger partial charge in [0.1, 0.15) is 18.3 Å². The summed E-state index contributed by atoms with van der Waals surface area (Å²) in [5.41, 5.74) is 5.49. The normalized spacial score (nSPS) is 56.5. The van der Waals surface area contributed by atoms with Crippen LogP contribution in [0.5, 0.6) is 0 Å². The maximum absolute atomic E-state index is 9.30. The number of aliphatic hydroxyl groups is 2.